The van der Waals surface area contributed by atoms with Gasteiger partial charge in [0.15, 0.2) is 0 Å². The standard InChI is InChI=1S/C17H18FNOS/c18-16-9-5-4-8-15(16)12-17(20)19-10-11-21-13-14-6-2-1-3-7-14/h1-9H,10-13H2,(H,19,20). The number of carbonyl (C=O) groups is 1. The zero-order valence-electron chi connectivity index (χ0n) is 11.7. The lowest BCUT2D eigenvalue weighted by atomic mass is 10.1. The molecule has 2 aromatic carbocycles. The third-order valence-electron chi connectivity index (χ3n) is 2.99. The predicted octanol–water partition coefficient (Wildman–Crippen LogP) is 3.42. The maximum atomic E-state index is 13.4. The molecule has 0 unspecified atom stereocenters. The van der Waals surface area contributed by atoms with Gasteiger partial charge >= 0.3 is 0 Å². The molecule has 2 rings (SSSR count). The number of carbonyl (C=O) groups excluding carboxylic acids is 1. The highest BCUT2D eigenvalue weighted by Crippen LogP contribution is 2.11. The Balaban J connectivity index is 1.63. The summed E-state index contributed by atoms with van der Waals surface area (Å²) in [6.45, 7) is 0.602. The largest absolute Gasteiger partial charge is 0.355 e. The highest BCUT2D eigenvalue weighted by Gasteiger charge is 2.06. The Morgan fingerprint density at radius 1 is 1.05 bits per heavy atom. The van der Waals surface area contributed by atoms with Crippen molar-refractivity contribution in [1.29, 1.82) is 0 Å². The van der Waals surface area contributed by atoms with E-state index in [0.717, 1.165) is 11.5 Å². The Morgan fingerprint density at radius 2 is 1.76 bits per heavy atom. The smallest absolute Gasteiger partial charge is 0.224 e. The number of benzene rings is 2. The van der Waals surface area contributed by atoms with Gasteiger partial charge in [0, 0.05) is 18.1 Å². The van der Waals surface area contributed by atoms with Crippen LogP contribution in [0.2, 0.25) is 0 Å². The molecule has 0 aliphatic rings. The molecule has 1 N–H and O–H groups in total. The second kappa shape index (κ2) is 8.47. The van der Waals surface area contributed by atoms with Crippen LogP contribution in [0.25, 0.3) is 0 Å². The van der Waals surface area contributed by atoms with Crippen molar-refractivity contribution < 1.29 is 9.18 Å². The van der Waals surface area contributed by atoms with Gasteiger partial charge in [-0.25, -0.2) is 4.39 Å². The van der Waals surface area contributed by atoms with E-state index in [9.17, 15) is 9.18 Å². The Morgan fingerprint density at radius 3 is 2.52 bits per heavy atom. The first-order valence-corrected chi connectivity index (χ1v) is 8.03. The second-order valence-corrected chi connectivity index (χ2v) is 5.76. The Hall–Kier alpha value is -1.81. The van der Waals surface area contributed by atoms with Crippen molar-refractivity contribution in [3.8, 4) is 0 Å². The van der Waals surface area contributed by atoms with Crippen LogP contribution in [-0.4, -0.2) is 18.2 Å². The first kappa shape index (κ1) is 15.6. The molecule has 0 bridgehead atoms. The summed E-state index contributed by atoms with van der Waals surface area (Å²) in [4.78, 5) is 11.7. The van der Waals surface area contributed by atoms with Crippen LogP contribution in [0.5, 0.6) is 0 Å². The van der Waals surface area contributed by atoms with E-state index in [1.165, 1.54) is 11.6 Å². The summed E-state index contributed by atoms with van der Waals surface area (Å²) in [5.41, 5.74) is 1.71. The lowest BCUT2D eigenvalue weighted by Crippen LogP contribution is -2.27. The Labute approximate surface area is 128 Å². The first-order chi connectivity index (χ1) is 10.3. The van der Waals surface area contributed by atoms with E-state index in [-0.39, 0.29) is 18.1 Å². The first-order valence-electron chi connectivity index (χ1n) is 6.87. The summed E-state index contributed by atoms with van der Waals surface area (Å²) >= 11 is 1.77. The fourth-order valence-electron chi connectivity index (χ4n) is 1.90. The number of hydrogen-bond acceptors (Lipinski definition) is 2. The number of halogens is 1. The average Bonchev–Trinajstić information content (AvgIpc) is 2.50. The van der Waals surface area contributed by atoms with Gasteiger partial charge < -0.3 is 5.32 Å². The van der Waals surface area contributed by atoms with Crippen molar-refractivity contribution >= 4 is 17.7 Å². The molecule has 2 aromatic rings. The van der Waals surface area contributed by atoms with E-state index in [1.807, 2.05) is 18.2 Å². The fraction of sp³-hybridized carbons (Fsp3) is 0.235. The minimum absolute atomic E-state index is 0.0933. The molecule has 1 amide bonds. The molecular weight excluding hydrogens is 285 g/mol. The van der Waals surface area contributed by atoms with Gasteiger partial charge in [0.1, 0.15) is 5.82 Å². The summed E-state index contributed by atoms with van der Waals surface area (Å²) in [7, 11) is 0. The number of nitrogens with one attached hydrogen (secondary N) is 1. The topological polar surface area (TPSA) is 29.1 Å². The molecule has 0 heterocycles. The zero-order valence-corrected chi connectivity index (χ0v) is 12.5. The van der Waals surface area contributed by atoms with Gasteiger partial charge in [-0.2, -0.15) is 11.8 Å². The number of amides is 1. The van der Waals surface area contributed by atoms with Gasteiger partial charge in [0.05, 0.1) is 6.42 Å². The van der Waals surface area contributed by atoms with E-state index in [4.69, 9.17) is 0 Å². The van der Waals surface area contributed by atoms with Crippen LogP contribution in [0.3, 0.4) is 0 Å². The third-order valence-corrected chi connectivity index (χ3v) is 4.02. The van der Waals surface area contributed by atoms with Crippen molar-refractivity contribution in [1.82, 2.24) is 5.32 Å². The summed E-state index contributed by atoms with van der Waals surface area (Å²) in [5.74, 6) is 1.31. The van der Waals surface area contributed by atoms with Gasteiger partial charge in [-0.05, 0) is 17.2 Å². The monoisotopic (exact) mass is 303 g/mol. The normalized spacial score (nSPS) is 10.3. The molecule has 0 aromatic heterocycles. The van der Waals surface area contributed by atoms with Gasteiger partial charge in [-0.1, -0.05) is 48.5 Å². The average molecular weight is 303 g/mol. The zero-order chi connectivity index (χ0) is 14.9. The van der Waals surface area contributed by atoms with Crippen LogP contribution in [-0.2, 0) is 17.0 Å². The van der Waals surface area contributed by atoms with Gasteiger partial charge in [-0.15, -0.1) is 0 Å². The van der Waals surface area contributed by atoms with Gasteiger partial charge in [0.25, 0.3) is 0 Å². The van der Waals surface area contributed by atoms with Crippen LogP contribution < -0.4 is 5.32 Å². The van der Waals surface area contributed by atoms with E-state index < -0.39 is 0 Å². The van der Waals surface area contributed by atoms with Crippen molar-refractivity contribution in [2.24, 2.45) is 0 Å². The van der Waals surface area contributed by atoms with E-state index in [0.29, 0.717) is 12.1 Å². The van der Waals surface area contributed by atoms with Crippen molar-refractivity contribution in [3.05, 3.63) is 71.5 Å². The highest BCUT2D eigenvalue weighted by atomic mass is 32.2. The third kappa shape index (κ3) is 5.60. The Bertz CT molecular complexity index is 574. The number of thioether (sulfide) groups is 1. The van der Waals surface area contributed by atoms with Crippen molar-refractivity contribution in [2.45, 2.75) is 12.2 Å². The van der Waals surface area contributed by atoms with Crippen LogP contribution in [0.15, 0.2) is 54.6 Å². The van der Waals surface area contributed by atoms with E-state index in [1.54, 1.807) is 30.0 Å². The molecule has 0 saturated heterocycles. The molecule has 110 valence electrons. The maximum absolute atomic E-state index is 13.4. The molecule has 0 radical (unpaired) electrons. The van der Waals surface area contributed by atoms with Crippen LogP contribution >= 0.6 is 11.8 Å². The molecule has 0 aliphatic carbocycles. The van der Waals surface area contributed by atoms with Crippen molar-refractivity contribution in [3.63, 3.8) is 0 Å². The SMILES string of the molecule is O=C(Cc1ccccc1F)NCCSCc1ccccc1. The second-order valence-electron chi connectivity index (χ2n) is 4.66. The maximum Gasteiger partial charge on any atom is 0.224 e. The van der Waals surface area contributed by atoms with E-state index in [2.05, 4.69) is 17.4 Å². The molecule has 0 aliphatic heterocycles. The lowest BCUT2D eigenvalue weighted by Gasteiger charge is -2.06. The Kier molecular flexibility index (Phi) is 6.28. The van der Waals surface area contributed by atoms with Crippen molar-refractivity contribution in [2.75, 3.05) is 12.3 Å². The summed E-state index contributed by atoms with van der Waals surface area (Å²) < 4.78 is 13.4. The highest BCUT2D eigenvalue weighted by molar-refractivity contribution is 7.98. The molecule has 0 saturated carbocycles. The van der Waals surface area contributed by atoms with E-state index >= 15 is 0 Å². The molecule has 0 atom stereocenters. The molecule has 0 spiro atoms. The number of rotatable bonds is 7. The van der Waals surface area contributed by atoms with Gasteiger partial charge in [0.2, 0.25) is 5.91 Å². The van der Waals surface area contributed by atoms with Crippen LogP contribution in [0, 0.1) is 5.82 Å². The minimum atomic E-state index is -0.328. The fourth-order valence-corrected chi connectivity index (χ4v) is 2.72. The lowest BCUT2D eigenvalue weighted by molar-refractivity contribution is -0.120. The summed E-state index contributed by atoms with van der Waals surface area (Å²) in [5, 5.41) is 2.82. The molecular formula is C17H18FNOS. The van der Waals surface area contributed by atoms with Crippen LogP contribution in [0.4, 0.5) is 4.39 Å². The molecule has 4 heteroatoms. The van der Waals surface area contributed by atoms with Gasteiger partial charge in [-0.3, -0.25) is 4.79 Å². The molecule has 0 fully saturated rings. The molecule has 21 heavy (non-hydrogen) atoms. The quantitative estimate of drug-likeness (QED) is 0.794. The van der Waals surface area contributed by atoms with Crippen LogP contribution in [0.1, 0.15) is 11.1 Å². The number of hydrogen-bond donors (Lipinski definition) is 1. The molecule has 2 nitrogen and oxygen atoms in total. The summed E-state index contributed by atoms with van der Waals surface area (Å²) in [6.07, 6.45) is 0.0933. The summed E-state index contributed by atoms with van der Waals surface area (Å²) in [6, 6.07) is 16.6. The predicted molar refractivity (Wildman–Crippen MR) is 85.7 cm³/mol. The minimum Gasteiger partial charge on any atom is -0.355 e.